The number of ether oxygens (including phenoxy) is 1. The highest BCUT2D eigenvalue weighted by Gasteiger charge is 2.05. The highest BCUT2D eigenvalue weighted by molar-refractivity contribution is 6.30. The smallest absolute Gasteiger partial charge is 0.130 e. The van der Waals surface area contributed by atoms with Crippen LogP contribution in [0.5, 0.6) is 11.5 Å². The lowest BCUT2D eigenvalue weighted by atomic mass is 10.1. The van der Waals surface area contributed by atoms with Crippen molar-refractivity contribution < 1.29 is 4.74 Å². The van der Waals surface area contributed by atoms with Crippen molar-refractivity contribution in [1.82, 2.24) is 0 Å². The number of benzene rings is 2. The maximum atomic E-state index is 5.98. The van der Waals surface area contributed by atoms with Crippen LogP contribution in [0, 0.1) is 6.92 Å². The van der Waals surface area contributed by atoms with Crippen LogP contribution >= 0.6 is 11.6 Å². The van der Waals surface area contributed by atoms with Crippen molar-refractivity contribution in [2.24, 2.45) is 5.73 Å². The second-order valence-electron chi connectivity index (χ2n) is 4.21. The average Bonchev–Trinajstić information content (AvgIpc) is 2.36. The molecule has 0 aliphatic rings. The third kappa shape index (κ3) is 3.25. The van der Waals surface area contributed by atoms with E-state index in [1.165, 1.54) is 5.56 Å². The molecule has 0 heterocycles. The zero-order valence-electron chi connectivity index (χ0n) is 10.3. The Hall–Kier alpha value is -1.51. The third-order valence-electron chi connectivity index (χ3n) is 2.69. The molecule has 2 aromatic carbocycles. The van der Waals surface area contributed by atoms with Crippen LogP contribution in [-0.4, -0.2) is 6.54 Å². The molecule has 2 nitrogen and oxygen atoms in total. The van der Waals surface area contributed by atoms with E-state index in [4.69, 9.17) is 22.1 Å². The minimum atomic E-state index is 0.574. The molecule has 0 fully saturated rings. The molecule has 0 saturated carbocycles. The van der Waals surface area contributed by atoms with Gasteiger partial charge in [-0.25, -0.2) is 0 Å². The topological polar surface area (TPSA) is 35.2 Å². The van der Waals surface area contributed by atoms with E-state index in [0.717, 1.165) is 23.5 Å². The normalized spacial score (nSPS) is 10.4. The first-order valence-corrected chi connectivity index (χ1v) is 6.30. The van der Waals surface area contributed by atoms with Gasteiger partial charge in [-0.15, -0.1) is 0 Å². The van der Waals surface area contributed by atoms with Crippen LogP contribution in [-0.2, 0) is 6.42 Å². The van der Waals surface area contributed by atoms with Crippen LogP contribution in [0.15, 0.2) is 42.5 Å². The lowest BCUT2D eigenvalue weighted by Crippen LogP contribution is -2.04. The summed E-state index contributed by atoms with van der Waals surface area (Å²) in [6.45, 7) is 2.62. The number of rotatable bonds is 4. The Kier molecular flexibility index (Phi) is 4.24. The standard InChI is InChI=1S/C15H16ClNO/c1-11-2-5-14(6-3-11)18-15-7-4-13(16)10-12(15)8-9-17/h2-7,10H,8-9,17H2,1H3. The van der Waals surface area contributed by atoms with E-state index in [1.807, 2.05) is 49.4 Å². The van der Waals surface area contributed by atoms with Crippen molar-refractivity contribution in [3.05, 3.63) is 58.6 Å². The van der Waals surface area contributed by atoms with Crippen molar-refractivity contribution >= 4 is 11.6 Å². The molecule has 0 aliphatic carbocycles. The van der Waals surface area contributed by atoms with Crippen LogP contribution < -0.4 is 10.5 Å². The van der Waals surface area contributed by atoms with E-state index in [-0.39, 0.29) is 0 Å². The van der Waals surface area contributed by atoms with Crippen LogP contribution in [0.2, 0.25) is 5.02 Å². The van der Waals surface area contributed by atoms with Gasteiger partial charge in [-0.05, 0) is 55.8 Å². The molecule has 0 radical (unpaired) electrons. The summed E-state index contributed by atoms with van der Waals surface area (Å²) < 4.78 is 5.86. The van der Waals surface area contributed by atoms with Gasteiger partial charge in [0.2, 0.25) is 0 Å². The van der Waals surface area contributed by atoms with Crippen molar-refractivity contribution in [3.8, 4) is 11.5 Å². The minimum Gasteiger partial charge on any atom is -0.457 e. The Morgan fingerprint density at radius 3 is 2.50 bits per heavy atom. The number of hydrogen-bond acceptors (Lipinski definition) is 2. The van der Waals surface area contributed by atoms with Crippen molar-refractivity contribution in [3.63, 3.8) is 0 Å². The predicted molar refractivity (Wildman–Crippen MR) is 75.5 cm³/mol. The molecular formula is C15H16ClNO. The van der Waals surface area contributed by atoms with Gasteiger partial charge in [0.15, 0.2) is 0 Å². The maximum absolute atomic E-state index is 5.98. The van der Waals surface area contributed by atoms with Crippen LogP contribution in [0.3, 0.4) is 0 Å². The zero-order valence-corrected chi connectivity index (χ0v) is 11.1. The Balaban J connectivity index is 2.25. The summed E-state index contributed by atoms with van der Waals surface area (Å²) in [7, 11) is 0. The molecule has 18 heavy (non-hydrogen) atoms. The molecule has 0 unspecified atom stereocenters. The summed E-state index contributed by atoms with van der Waals surface area (Å²) in [4.78, 5) is 0. The van der Waals surface area contributed by atoms with Gasteiger partial charge < -0.3 is 10.5 Å². The monoisotopic (exact) mass is 261 g/mol. The molecule has 0 aliphatic heterocycles. The van der Waals surface area contributed by atoms with Crippen LogP contribution in [0.4, 0.5) is 0 Å². The number of nitrogens with two attached hydrogens (primary N) is 1. The lowest BCUT2D eigenvalue weighted by Gasteiger charge is -2.11. The molecular weight excluding hydrogens is 246 g/mol. The van der Waals surface area contributed by atoms with Crippen molar-refractivity contribution in [2.75, 3.05) is 6.54 Å². The first kappa shape index (κ1) is 12.9. The first-order valence-electron chi connectivity index (χ1n) is 5.92. The Bertz CT molecular complexity index is 523. The Morgan fingerprint density at radius 2 is 1.83 bits per heavy atom. The summed E-state index contributed by atoms with van der Waals surface area (Å²) in [5.41, 5.74) is 7.84. The second-order valence-corrected chi connectivity index (χ2v) is 4.64. The van der Waals surface area contributed by atoms with E-state index < -0.39 is 0 Å². The summed E-state index contributed by atoms with van der Waals surface area (Å²) in [6.07, 6.45) is 0.752. The number of aryl methyl sites for hydroxylation is 1. The van der Waals surface area contributed by atoms with E-state index in [1.54, 1.807) is 0 Å². The van der Waals surface area contributed by atoms with Gasteiger partial charge >= 0.3 is 0 Å². The van der Waals surface area contributed by atoms with Crippen LogP contribution in [0.25, 0.3) is 0 Å². The Morgan fingerprint density at radius 1 is 1.11 bits per heavy atom. The zero-order chi connectivity index (χ0) is 13.0. The first-order chi connectivity index (χ1) is 8.69. The van der Waals surface area contributed by atoms with Gasteiger partial charge in [-0.1, -0.05) is 29.3 Å². The van der Waals surface area contributed by atoms with Gasteiger partial charge in [-0.2, -0.15) is 0 Å². The molecule has 2 N–H and O–H groups in total. The van der Waals surface area contributed by atoms with E-state index in [0.29, 0.717) is 11.6 Å². The van der Waals surface area contributed by atoms with E-state index in [9.17, 15) is 0 Å². The van der Waals surface area contributed by atoms with E-state index in [2.05, 4.69) is 0 Å². The van der Waals surface area contributed by atoms with Gasteiger partial charge in [0.25, 0.3) is 0 Å². The average molecular weight is 262 g/mol. The minimum absolute atomic E-state index is 0.574. The summed E-state index contributed by atoms with van der Waals surface area (Å²) in [6, 6.07) is 13.6. The molecule has 2 aromatic rings. The molecule has 0 saturated heterocycles. The SMILES string of the molecule is Cc1ccc(Oc2ccc(Cl)cc2CCN)cc1. The van der Waals surface area contributed by atoms with Crippen molar-refractivity contribution in [2.45, 2.75) is 13.3 Å². The predicted octanol–water partition coefficient (Wildman–Crippen LogP) is 3.94. The Labute approximate surface area is 112 Å². The van der Waals surface area contributed by atoms with Gasteiger partial charge in [0, 0.05) is 5.02 Å². The molecule has 0 atom stereocenters. The van der Waals surface area contributed by atoms with Crippen LogP contribution in [0.1, 0.15) is 11.1 Å². The maximum Gasteiger partial charge on any atom is 0.130 e. The molecule has 0 amide bonds. The second kappa shape index (κ2) is 5.89. The lowest BCUT2D eigenvalue weighted by molar-refractivity contribution is 0.476. The third-order valence-corrected chi connectivity index (χ3v) is 2.92. The largest absolute Gasteiger partial charge is 0.457 e. The fourth-order valence-corrected chi connectivity index (χ4v) is 1.93. The van der Waals surface area contributed by atoms with Gasteiger partial charge in [0.05, 0.1) is 0 Å². The van der Waals surface area contributed by atoms with Gasteiger partial charge in [-0.3, -0.25) is 0 Å². The molecule has 94 valence electrons. The molecule has 0 aromatic heterocycles. The van der Waals surface area contributed by atoms with E-state index >= 15 is 0 Å². The molecule has 0 bridgehead atoms. The highest BCUT2D eigenvalue weighted by atomic mass is 35.5. The summed E-state index contributed by atoms with van der Waals surface area (Å²) >= 11 is 5.98. The summed E-state index contributed by atoms with van der Waals surface area (Å²) in [5, 5.41) is 0.703. The molecule has 0 spiro atoms. The van der Waals surface area contributed by atoms with Gasteiger partial charge in [0.1, 0.15) is 11.5 Å². The quantitative estimate of drug-likeness (QED) is 0.905. The number of halogens is 1. The van der Waals surface area contributed by atoms with Crippen molar-refractivity contribution in [1.29, 1.82) is 0 Å². The summed E-state index contributed by atoms with van der Waals surface area (Å²) in [5.74, 6) is 1.63. The number of hydrogen-bond donors (Lipinski definition) is 1. The molecule has 3 heteroatoms. The fraction of sp³-hybridized carbons (Fsp3) is 0.200. The highest BCUT2D eigenvalue weighted by Crippen LogP contribution is 2.28. The molecule has 2 rings (SSSR count). The fourth-order valence-electron chi connectivity index (χ4n) is 1.73.